The highest BCUT2D eigenvalue weighted by molar-refractivity contribution is 6.33. The molecule has 27 heavy (non-hydrogen) atoms. The van der Waals surface area contributed by atoms with Crippen molar-refractivity contribution in [2.24, 2.45) is 0 Å². The molecule has 7 heteroatoms. The molecule has 134 valence electrons. The van der Waals surface area contributed by atoms with E-state index < -0.39 is 0 Å². The van der Waals surface area contributed by atoms with Crippen LogP contribution in [0.4, 0.5) is 5.82 Å². The Kier molecular flexibility index (Phi) is 4.72. The van der Waals surface area contributed by atoms with E-state index in [1.54, 1.807) is 12.3 Å². The van der Waals surface area contributed by atoms with Gasteiger partial charge in [0, 0.05) is 11.8 Å². The number of nitrogen functional groups attached to an aromatic ring is 1. The van der Waals surface area contributed by atoms with Crippen molar-refractivity contribution in [3.05, 3.63) is 77.4 Å². The normalized spacial score (nSPS) is 10.7. The highest BCUT2D eigenvalue weighted by Crippen LogP contribution is 2.26. The molecule has 0 bridgehead atoms. The van der Waals surface area contributed by atoms with Gasteiger partial charge in [-0.25, -0.2) is 4.98 Å². The van der Waals surface area contributed by atoms with Crippen molar-refractivity contribution in [3.8, 4) is 28.6 Å². The third-order valence-corrected chi connectivity index (χ3v) is 4.21. The number of nitrogens with two attached hydrogens (primary N) is 1. The zero-order chi connectivity index (χ0) is 18.6. The summed E-state index contributed by atoms with van der Waals surface area (Å²) in [6.07, 6.45) is 1.54. The number of nitrogens with zero attached hydrogens (tertiary/aromatic N) is 3. The minimum atomic E-state index is 0.256. The van der Waals surface area contributed by atoms with Gasteiger partial charge in [0.15, 0.2) is 0 Å². The Bertz CT molecular complexity index is 1050. The van der Waals surface area contributed by atoms with Crippen LogP contribution in [0.15, 0.2) is 71.4 Å². The van der Waals surface area contributed by atoms with Gasteiger partial charge in [-0.3, -0.25) is 0 Å². The van der Waals surface area contributed by atoms with Crippen LogP contribution in [-0.4, -0.2) is 15.1 Å². The predicted molar refractivity (Wildman–Crippen MR) is 103 cm³/mol. The Labute approximate surface area is 160 Å². The summed E-state index contributed by atoms with van der Waals surface area (Å²) in [5.74, 6) is 1.81. The van der Waals surface area contributed by atoms with Crippen molar-refractivity contribution in [2.45, 2.75) is 6.61 Å². The number of hydrogen-bond acceptors (Lipinski definition) is 6. The predicted octanol–water partition coefficient (Wildman–Crippen LogP) is 4.61. The van der Waals surface area contributed by atoms with Gasteiger partial charge in [0.25, 0.3) is 5.89 Å². The SMILES string of the molecule is Nc1ncc(-c2nc(-c3ccc(OCc4ccccc4)cc3)no2)cc1Cl. The highest BCUT2D eigenvalue weighted by Gasteiger charge is 2.12. The lowest BCUT2D eigenvalue weighted by atomic mass is 10.2. The summed E-state index contributed by atoms with van der Waals surface area (Å²) >= 11 is 5.99. The maximum absolute atomic E-state index is 5.99. The molecule has 0 aliphatic rings. The van der Waals surface area contributed by atoms with Crippen molar-refractivity contribution in [2.75, 3.05) is 5.73 Å². The molecule has 0 aliphatic carbocycles. The second-order valence-corrected chi connectivity index (χ2v) is 6.22. The van der Waals surface area contributed by atoms with E-state index in [1.807, 2.05) is 54.6 Å². The van der Waals surface area contributed by atoms with E-state index >= 15 is 0 Å². The third-order valence-electron chi connectivity index (χ3n) is 3.90. The van der Waals surface area contributed by atoms with Crippen LogP contribution in [0.1, 0.15) is 5.56 Å². The molecule has 0 fully saturated rings. The zero-order valence-corrected chi connectivity index (χ0v) is 14.9. The standard InChI is InChI=1S/C20H15ClN4O2/c21-17-10-15(11-23-18(17)22)20-24-19(25-27-20)14-6-8-16(9-7-14)26-12-13-4-2-1-3-5-13/h1-11H,12H2,(H2,22,23). The first kappa shape index (κ1) is 17.1. The lowest BCUT2D eigenvalue weighted by Gasteiger charge is -2.06. The number of ether oxygens (including phenoxy) is 1. The fourth-order valence-electron chi connectivity index (χ4n) is 2.46. The Hall–Kier alpha value is -3.38. The smallest absolute Gasteiger partial charge is 0.259 e. The maximum atomic E-state index is 5.99. The van der Waals surface area contributed by atoms with Gasteiger partial charge in [-0.2, -0.15) is 4.98 Å². The van der Waals surface area contributed by atoms with Gasteiger partial charge in [-0.1, -0.05) is 47.1 Å². The summed E-state index contributed by atoms with van der Waals surface area (Å²) in [5.41, 5.74) is 8.15. The van der Waals surface area contributed by atoms with Crippen molar-refractivity contribution in [1.29, 1.82) is 0 Å². The molecule has 6 nitrogen and oxygen atoms in total. The molecule has 0 radical (unpaired) electrons. The summed E-state index contributed by atoms with van der Waals surface area (Å²) in [6.45, 7) is 0.511. The quantitative estimate of drug-likeness (QED) is 0.545. The monoisotopic (exact) mass is 378 g/mol. The first-order valence-corrected chi connectivity index (χ1v) is 8.59. The Morgan fingerprint density at radius 3 is 2.52 bits per heavy atom. The molecule has 0 amide bonds. The number of aromatic nitrogens is 3. The summed E-state index contributed by atoms with van der Waals surface area (Å²) < 4.78 is 11.1. The van der Waals surface area contributed by atoms with E-state index in [9.17, 15) is 0 Å². The van der Waals surface area contributed by atoms with Gasteiger partial charge >= 0.3 is 0 Å². The molecule has 0 atom stereocenters. The Morgan fingerprint density at radius 2 is 1.78 bits per heavy atom. The van der Waals surface area contributed by atoms with Crippen molar-refractivity contribution in [1.82, 2.24) is 15.1 Å². The number of halogens is 1. The molecule has 0 aliphatic heterocycles. The van der Waals surface area contributed by atoms with Crippen LogP contribution >= 0.6 is 11.6 Å². The first-order valence-electron chi connectivity index (χ1n) is 8.21. The van der Waals surface area contributed by atoms with Crippen LogP contribution in [-0.2, 0) is 6.61 Å². The average Bonchev–Trinajstić information content (AvgIpc) is 3.20. The van der Waals surface area contributed by atoms with Gasteiger partial charge in [-0.05, 0) is 35.9 Å². The fraction of sp³-hybridized carbons (Fsp3) is 0.0500. The van der Waals surface area contributed by atoms with E-state index in [2.05, 4.69) is 15.1 Å². The molecule has 0 spiro atoms. The molecule has 0 saturated heterocycles. The highest BCUT2D eigenvalue weighted by atomic mass is 35.5. The van der Waals surface area contributed by atoms with Crippen LogP contribution in [0.3, 0.4) is 0 Å². The second-order valence-electron chi connectivity index (χ2n) is 5.81. The van der Waals surface area contributed by atoms with Crippen molar-refractivity contribution in [3.63, 3.8) is 0 Å². The topological polar surface area (TPSA) is 87.1 Å². The van der Waals surface area contributed by atoms with Gasteiger partial charge < -0.3 is 15.0 Å². The van der Waals surface area contributed by atoms with Gasteiger partial charge in [0.05, 0.1) is 10.6 Å². The van der Waals surface area contributed by atoms with Crippen LogP contribution < -0.4 is 10.5 Å². The van der Waals surface area contributed by atoms with E-state index in [1.165, 1.54) is 0 Å². The van der Waals surface area contributed by atoms with Gasteiger partial charge in [0.1, 0.15) is 18.2 Å². The molecule has 0 saturated carbocycles. The fourth-order valence-corrected chi connectivity index (χ4v) is 2.63. The summed E-state index contributed by atoms with van der Waals surface area (Å²) in [7, 11) is 0. The molecule has 2 heterocycles. The first-order chi connectivity index (χ1) is 13.2. The number of rotatable bonds is 5. The third kappa shape index (κ3) is 3.91. The van der Waals surface area contributed by atoms with Gasteiger partial charge in [-0.15, -0.1) is 0 Å². The maximum Gasteiger partial charge on any atom is 0.259 e. The molecular formula is C20H15ClN4O2. The minimum absolute atomic E-state index is 0.256. The summed E-state index contributed by atoms with van der Waals surface area (Å²) in [5, 5.41) is 4.35. The van der Waals surface area contributed by atoms with E-state index in [0.29, 0.717) is 28.9 Å². The number of hydrogen-bond donors (Lipinski definition) is 1. The lowest BCUT2D eigenvalue weighted by Crippen LogP contribution is -1.94. The molecule has 2 aromatic heterocycles. The largest absolute Gasteiger partial charge is 0.489 e. The molecule has 0 unspecified atom stereocenters. The number of benzene rings is 2. The summed E-state index contributed by atoms with van der Waals surface area (Å²) in [4.78, 5) is 8.38. The molecule has 4 aromatic rings. The van der Waals surface area contributed by atoms with Crippen molar-refractivity contribution >= 4 is 17.4 Å². The lowest BCUT2D eigenvalue weighted by molar-refractivity contribution is 0.306. The molecular weight excluding hydrogens is 364 g/mol. The van der Waals surface area contributed by atoms with Gasteiger partial charge in [0.2, 0.25) is 5.82 Å². The van der Waals surface area contributed by atoms with Crippen LogP contribution in [0.2, 0.25) is 5.02 Å². The second kappa shape index (κ2) is 7.47. The Balaban J connectivity index is 1.47. The number of anilines is 1. The average molecular weight is 379 g/mol. The summed E-state index contributed by atoms with van der Waals surface area (Å²) in [6, 6.07) is 19.1. The Morgan fingerprint density at radius 1 is 1.00 bits per heavy atom. The molecule has 2 aromatic carbocycles. The molecule has 4 rings (SSSR count). The minimum Gasteiger partial charge on any atom is -0.489 e. The van der Waals surface area contributed by atoms with E-state index in [4.69, 9.17) is 26.6 Å². The van der Waals surface area contributed by atoms with E-state index in [0.717, 1.165) is 16.9 Å². The zero-order valence-electron chi connectivity index (χ0n) is 14.2. The van der Waals surface area contributed by atoms with Crippen molar-refractivity contribution < 1.29 is 9.26 Å². The van der Waals surface area contributed by atoms with Crippen LogP contribution in [0, 0.1) is 0 Å². The van der Waals surface area contributed by atoms with Crippen LogP contribution in [0.25, 0.3) is 22.8 Å². The van der Waals surface area contributed by atoms with E-state index in [-0.39, 0.29) is 5.82 Å². The van der Waals surface area contributed by atoms with Crippen LogP contribution in [0.5, 0.6) is 5.75 Å². The number of pyridine rings is 1. The molecule has 2 N–H and O–H groups in total.